The summed E-state index contributed by atoms with van der Waals surface area (Å²) < 4.78 is 0. The molecule has 3 heteroatoms. The molecule has 0 bridgehead atoms. The van der Waals surface area contributed by atoms with E-state index in [1.807, 2.05) is 0 Å². The van der Waals surface area contributed by atoms with Crippen molar-refractivity contribution in [1.82, 2.24) is 4.90 Å². The zero-order valence-electron chi connectivity index (χ0n) is 9.21. The molecular weight excluding hydrogens is 178 g/mol. The molecule has 0 spiro atoms. The van der Waals surface area contributed by atoms with Gasteiger partial charge in [-0.25, -0.2) is 0 Å². The molecule has 0 radical (unpaired) electrons. The van der Waals surface area contributed by atoms with Crippen LogP contribution >= 0.6 is 0 Å². The Labute approximate surface area is 83.5 Å². The number of hydrogen-bond donors (Lipinski definition) is 0. The molecule has 0 aromatic heterocycles. The normalized spacial score (nSPS) is 25.5. The van der Waals surface area contributed by atoms with E-state index in [0.717, 1.165) is 0 Å². The van der Waals surface area contributed by atoms with Crippen molar-refractivity contribution in [3.8, 4) is 0 Å². The van der Waals surface area contributed by atoms with Gasteiger partial charge in [0.05, 0.1) is 0 Å². The molecule has 1 fully saturated rings. The van der Waals surface area contributed by atoms with Crippen LogP contribution < -0.4 is 0 Å². The Hall–Kier alpha value is -0.313. The Bertz CT molecular complexity index is 191. The summed E-state index contributed by atoms with van der Waals surface area (Å²) in [6.45, 7) is 8.74. The molecule has 13 heavy (non-hydrogen) atoms. The third-order valence-electron chi connectivity index (χ3n) is 2.67. The maximum atomic E-state index is 11.6. The number of nitrogens with zero attached hydrogens (tertiary/aromatic N) is 1. The van der Waals surface area contributed by atoms with Gasteiger partial charge in [0.1, 0.15) is 9.52 Å². The SMILES string of the molecule is CC(C)CC1C[SiH2]C(=O)N1C(C)C. The highest BCUT2D eigenvalue weighted by atomic mass is 28.2. The van der Waals surface area contributed by atoms with Crippen LogP contribution in [-0.2, 0) is 0 Å². The van der Waals surface area contributed by atoms with Crippen LogP contribution in [-0.4, -0.2) is 32.0 Å². The van der Waals surface area contributed by atoms with E-state index < -0.39 is 9.52 Å². The van der Waals surface area contributed by atoms with Gasteiger partial charge < -0.3 is 4.90 Å². The van der Waals surface area contributed by atoms with Gasteiger partial charge in [0.25, 0.3) is 0 Å². The van der Waals surface area contributed by atoms with Crippen LogP contribution in [0.1, 0.15) is 34.1 Å². The summed E-state index contributed by atoms with van der Waals surface area (Å²) in [4.78, 5) is 13.7. The lowest BCUT2D eigenvalue weighted by atomic mass is 10.0. The van der Waals surface area contributed by atoms with Crippen molar-refractivity contribution >= 4 is 15.1 Å². The Morgan fingerprint density at radius 1 is 1.46 bits per heavy atom. The fraction of sp³-hybridized carbons (Fsp3) is 0.900. The molecule has 2 nitrogen and oxygen atoms in total. The first-order chi connectivity index (χ1) is 6.02. The summed E-state index contributed by atoms with van der Waals surface area (Å²) in [6.07, 6.45) is 1.19. The molecule has 0 N–H and O–H groups in total. The first-order valence-electron chi connectivity index (χ1n) is 5.33. The van der Waals surface area contributed by atoms with E-state index in [1.165, 1.54) is 12.5 Å². The summed E-state index contributed by atoms with van der Waals surface area (Å²) in [6, 6.07) is 2.18. The lowest BCUT2D eigenvalue weighted by molar-refractivity contribution is 0.181. The van der Waals surface area contributed by atoms with E-state index in [2.05, 4.69) is 32.6 Å². The van der Waals surface area contributed by atoms with E-state index >= 15 is 0 Å². The van der Waals surface area contributed by atoms with Crippen LogP contribution in [0.2, 0.25) is 6.04 Å². The number of rotatable bonds is 3. The van der Waals surface area contributed by atoms with Crippen molar-refractivity contribution in [3.05, 3.63) is 0 Å². The minimum absolute atomic E-state index is 0.409. The Kier molecular flexibility index (Phi) is 3.53. The molecule has 1 amide bonds. The van der Waals surface area contributed by atoms with Crippen molar-refractivity contribution in [2.45, 2.75) is 52.2 Å². The molecule has 0 aliphatic carbocycles. The van der Waals surface area contributed by atoms with Crippen LogP contribution in [0.15, 0.2) is 0 Å². The Morgan fingerprint density at radius 2 is 2.08 bits per heavy atom. The first-order valence-corrected chi connectivity index (χ1v) is 7.04. The molecular formula is C10H21NOSi. The lowest BCUT2D eigenvalue weighted by Crippen LogP contribution is -2.39. The topological polar surface area (TPSA) is 20.3 Å². The molecule has 1 atom stereocenters. The molecule has 0 saturated carbocycles. The second kappa shape index (κ2) is 4.27. The molecule has 1 aliphatic heterocycles. The third-order valence-corrected chi connectivity index (χ3v) is 4.42. The van der Waals surface area contributed by atoms with Gasteiger partial charge in [0.2, 0.25) is 0 Å². The van der Waals surface area contributed by atoms with E-state index in [1.54, 1.807) is 0 Å². The van der Waals surface area contributed by atoms with Crippen molar-refractivity contribution < 1.29 is 4.79 Å². The van der Waals surface area contributed by atoms with Gasteiger partial charge in [-0.05, 0) is 32.2 Å². The van der Waals surface area contributed by atoms with Gasteiger partial charge in [-0.15, -0.1) is 0 Å². The van der Waals surface area contributed by atoms with Crippen LogP contribution in [0.5, 0.6) is 0 Å². The average Bonchev–Trinajstić information content (AvgIpc) is 2.30. The standard InChI is InChI=1S/C10H21NOSi/c1-7(2)5-9-6-13-10(12)11(9)8(3)4/h7-9H,5-6,13H2,1-4H3. The third kappa shape index (κ3) is 2.56. The van der Waals surface area contributed by atoms with E-state index in [-0.39, 0.29) is 0 Å². The van der Waals surface area contributed by atoms with Crippen molar-refractivity contribution in [3.63, 3.8) is 0 Å². The number of hydrogen-bond acceptors (Lipinski definition) is 1. The average molecular weight is 199 g/mol. The summed E-state index contributed by atoms with van der Waals surface area (Å²) in [5.41, 5.74) is 0.487. The molecule has 1 aliphatic rings. The van der Waals surface area contributed by atoms with Crippen LogP contribution in [0.25, 0.3) is 0 Å². The first kappa shape index (κ1) is 10.8. The predicted molar refractivity (Wildman–Crippen MR) is 59.0 cm³/mol. The van der Waals surface area contributed by atoms with E-state index in [0.29, 0.717) is 23.5 Å². The molecule has 1 unspecified atom stereocenters. The summed E-state index contributed by atoms with van der Waals surface area (Å²) in [7, 11) is -0.426. The minimum Gasteiger partial charge on any atom is -0.343 e. The van der Waals surface area contributed by atoms with Gasteiger partial charge in [-0.1, -0.05) is 13.8 Å². The minimum atomic E-state index is -0.426. The van der Waals surface area contributed by atoms with Crippen molar-refractivity contribution in [1.29, 1.82) is 0 Å². The summed E-state index contributed by atoms with van der Waals surface area (Å²) in [5, 5.41) is 0. The molecule has 1 saturated heterocycles. The largest absolute Gasteiger partial charge is 0.343 e. The van der Waals surface area contributed by atoms with Crippen LogP contribution in [0, 0.1) is 5.92 Å². The van der Waals surface area contributed by atoms with E-state index in [9.17, 15) is 4.79 Å². The fourth-order valence-corrected chi connectivity index (χ4v) is 4.22. The Morgan fingerprint density at radius 3 is 2.54 bits per heavy atom. The zero-order chi connectivity index (χ0) is 10.0. The predicted octanol–water partition coefficient (Wildman–Crippen LogP) is 1.83. The molecule has 0 aromatic carbocycles. The smallest absolute Gasteiger partial charge is 0.187 e. The van der Waals surface area contributed by atoms with Gasteiger partial charge in [-0.3, -0.25) is 4.79 Å². The second-order valence-corrected chi connectivity index (χ2v) is 6.40. The number of carbonyl (C=O) groups excluding carboxylic acids is 1. The van der Waals surface area contributed by atoms with Crippen LogP contribution in [0.3, 0.4) is 0 Å². The zero-order valence-corrected chi connectivity index (χ0v) is 10.6. The fourth-order valence-electron chi connectivity index (χ4n) is 2.25. The molecule has 1 heterocycles. The number of amides is 1. The molecule has 76 valence electrons. The molecule has 1 rings (SSSR count). The van der Waals surface area contributed by atoms with Gasteiger partial charge in [0, 0.05) is 12.1 Å². The van der Waals surface area contributed by atoms with Crippen molar-refractivity contribution in [2.75, 3.05) is 0 Å². The molecule has 0 aromatic rings. The summed E-state index contributed by atoms with van der Waals surface area (Å²) in [5.74, 6) is 0.714. The highest BCUT2D eigenvalue weighted by Gasteiger charge is 2.32. The van der Waals surface area contributed by atoms with Gasteiger partial charge in [0.15, 0.2) is 5.53 Å². The number of carbonyl (C=O) groups is 1. The van der Waals surface area contributed by atoms with Crippen LogP contribution in [0.4, 0.5) is 4.79 Å². The Balaban J connectivity index is 2.59. The van der Waals surface area contributed by atoms with Gasteiger partial charge in [-0.2, -0.15) is 0 Å². The second-order valence-electron chi connectivity index (χ2n) is 4.72. The lowest BCUT2D eigenvalue weighted by Gasteiger charge is -2.30. The maximum Gasteiger partial charge on any atom is 0.187 e. The van der Waals surface area contributed by atoms with Gasteiger partial charge >= 0.3 is 0 Å². The quantitative estimate of drug-likeness (QED) is 0.635. The monoisotopic (exact) mass is 199 g/mol. The summed E-state index contributed by atoms with van der Waals surface area (Å²) >= 11 is 0. The maximum absolute atomic E-state index is 11.6. The van der Waals surface area contributed by atoms with Crippen molar-refractivity contribution in [2.24, 2.45) is 5.92 Å². The highest BCUT2D eigenvalue weighted by molar-refractivity contribution is 6.74. The highest BCUT2D eigenvalue weighted by Crippen LogP contribution is 2.23. The van der Waals surface area contributed by atoms with E-state index in [4.69, 9.17) is 0 Å².